The summed E-state index contributed by atoms with van der Waals surface area (Å²) < 4.78 is 1.11. The fourth-order valence-corrected chi connectivity index (χ4v) is 4.12. The van der Waals surface area contributed by atoms with Crippen molar-refractivity contribution in [3.8, 4) is 0 Å². The zero-order chi connectivity index (χ0) is 16.5. The molecular weight excluding hydrogens is 318 g/mol. The minimum atomic E-state index is -0.0725. The highest BCUT2D eigenvalue weighted by molar-refractivity contribution is 7.22. The van der Waals surface area contributed by atoms with Gasteiger partial charge in [0.15, 0.2) is 5.13 Å². The second kappa shape index (κ2) is 6.24. The number of aryl methyl sites for hydroxylation is 1. The van der Waals surface area contributed by atoms with Crippen molar-refractivity contribution < 1.29 is 4.79 Å². The van der Waals surface area contributed by atoms with Crippen LogP contribution in [0.5, 0.6) is 0 Å². The van der Waals surface area contributed by atoms with Crippen LogP contribution in [0.4, 0.5) is 10.8 Å². The highest BCUT2D eigenvalue weighted by Crippen LogP contribution is 2.32. The zero-order valence-corrected chi connectivity index (χ0v) is 14.4. The number of nitrogens with zero attached hydrogens (tertiary/aromatic N) is 2. The molecule has 1 aromatic heterocycles. The number of rotatable bonds is 3. The molecule has 2 heterocycles. The number of benzene rings is 2. The molecule has 3 aromatic rings. The first kappa shape index (κ1) is 15.1. The number of amides is 1. The van der Waals surface area contributed by atoms with Crippen molar-refractivity contribution in [1.82, 2.24) is 4.98 Å². The van der Waals surface area contributed by atoms with Crippen molar-refractivity contribution in [2.45, 2.75) is 19.8 Å². The highest BCUT2D eigenvalue weighted by atomic mass is 32.1. The smallest absolute Gasteiger partial charge is 0.255 e. The predicted molar refractivity (Wildman–Crippen MR) is 100 cm³/mol. The first-order chi connectivity index (χ1) is 11.7. The van der Waals surface area contributed by atoms with Crippen LogP contribution in [-0.2, 0) is 0 Å². The molecule has 0 spiro atoms. The Morgan fingerprint density at radius 2 is 1.96 bits per heavy atom. The van der Waals surface area contributed by atoms with Crippen LogP contribution in [0.3, 0.4) is 0 Å². The summed E-state index contributed by atoms with van der Waals surface area (Å²) in [5, 5.41) is 4.08. The highest BCUT2D eigenvalue weighted by Gasteiger charge is 2.16. The van der Waals surface area contributed by atoms with Gasteiger partial charge >= 0.3 is 0 Å². The molecule has 1 amide bonds. The van der Waals surface area contributed by atoms with Gasteiger partial charge in [-0.15, -0.1) is 0 Å². The second-order valence-electron chi connectivity index (χ2n) is 6.14. The number of hydrogen-bond donors (Lipinski definition) is 1. The number of thiazole rings is 1. The second-order valence-corrected chi connectivity index (χ2v) is 7.15. The van der Waals surface area contributed by atoms with E-state index < -0.39 is 0 Å². The van der Waals surface area contributed by atoms with Crippen LogP contribution in [0.1, 0.15) is 28.8 Å². The Hall–Kier alpha value is -2.40. The SMILES string of the molecule is Cc1ccccc1C(=O)Nc1ccc2nc(N3CCCC3)sc2c1. The predicted octanol–water partition coefficient (Wildman–Crippen LogP) is 4.46. The van der Waals surface area contributed by atoms with E-state index in [0.29, 0.717) is 5.56 Å². The maximum absolute atomic E-state index is 12.5. The van der Waals surface area contributed by atoms with Crippen molar-refractivity contribution in [3.63, 3.8) is 0 Å². The summed E-state index contributed by atoms with van der Waals surface area (Å²) in [4.78, 5) is 19.5. The van der Waals surface area contributed by atoms with Gasteiger partial charge in [-0.25, -0.2) is 4.98 Å². The number of carbonyl (C=O) groups is 1. The molecule has 0 unspecified atom stereocenters. The molecule has 2 aromatic carbocycles. The third kappa shape index (κ3) is 2.87. The number of anilines is 2. The first-order valence-corrected chi connectivity index (χ1v) is 9.05. The van der Waals surface area contributed by atoms with Gasteiger partial charge in [-0.05, 0) is 49.6 Å². The van der Waals surface area contributed by atoms with Gasteiger partial charge in [0.2, 0.25) is 0 Å². The quantitative estimate of drug-likeness (QED) is 0.767. The molecule has 1 N–H and O–H groups in total. The van der Waals surface area contributed by atoms with E-state index in [1.165, 1.54) is 12.8 Å². The summed E-state index contributed by atoms with van der Waals surface area (Å²) in [6.07, 6.45) is 2.49. The fraction of sp³-hybridized carbons (Fsp3) is 0.263. The fourth-order valence-electron chi connectivity index (χ4n) is 3.06. The number of hydrogen-bond acceptors (Lipinski definition) is 4. The van der Waals surface area contributed by atoms with Gasteiger partial charge < -0.3 is 10.2 Å². The lowest BCUT2D eigenvalue weighted by Crippen LogP contribution is -2.16. The molecule has 1 aliphatic heterocycles. The van der Waals surface area contributed by atoms with Gasteiger partial charge in [-0.2, -0.15) is 0 Å². The van der Waals surface area contributed by atoms with Crippen LogP contribution in [-0.4, -0.2) is 24.0 Å². The van der Waals surface area contributed by atoms with Crippen molar-refractivity contribution >= 4 is 38.3 Å². The maximum Gasteiger partial charge on any atom is 0.255 e. The van der Waals surface area contributed by atoms with Crippen molar-refractivity contribution in [2.75, 3.05) is 23.3 Å². The minimum Gasteiger partial charge on any atom is -0.348 e. The topological polar surface area (TPSA) is 45.2 Å². The standard InChI is InChI=1S/C19H19N3OS/c1-13-6-2-3-7-15(13)18(23)20-14-8-9-16-17(12-14)24-19(21-16)22-10-4-5-11-22/h2-3,6-9,12H,4-5,10-11H2,1H3,(H,20,23). The van der Waals surface area contributed by atoms with Crippen LogP contribution in [0, 0.1) is 6.92 Å². The molecule has 0 aliphatic carbocycles. The Morgan fingerprint density at radius 3 is 2.75 bits per heavy atom. The maximum atomic E-state index is 12.5. The van der Waals surface area contributed by atoms with Crippen molar-refractivity contribution in [2.24, 2.45) is 0 Å². The Bertz CT molecular complexity index is 897. The minimum absolute atomic E-state index is 0.0725. The normalized spacial score (nSPS) is 14.3. The molecule has 4 nitrogen and oxygen atoms in total. The summed E-state index contributed by atoms with van der Waals surface area (Å²) in [7, 11) is 0. The van der Waals surface area contributed by atoms with E-state index in [2.05, 4.69) is 10.2 Å². The van der Waals surface area contributed by atoms with Crippen LogP contribution >= 0.6 is 11.3 Å². The van der Waals surface area contributed by atoms with Crippen LogP contribution in [0.25, 0.3) is 10.2 Å². The molecule has 0 saturated carbocycles. The zero-order valence-electron chi connectivity index (χ0n) is 13.6. The van der Waals surface area contributed by atoms with Gasteiger partial charge in [0.25, 0.3) is 5.91 Å². The van der Waals surface area contributed by atoms with E-state index in [4.69, 9.17) is 4.98 Å². The molecule has 24 heavy (non-hydrogen) atoms. The Morgan fingerprint density at radius 1 is 1.17 bits per heavy atom. The van der Waals surface area contributed by atoms with Crippen LogP contribution in [0.2, 0.25) is 0 Å². The molecule has 0 atom stereocenters. The Kier molecular flexibility index (Phi) is 3.94. The van der Waals surface area contributed by atoms with Gasteiger partial charge in [-0.3, -0.25) is 4.79 Å². The van der Waals surface area contributed by atoms with Crippen LogP contribution < -0.4 is 10.2 Å². The molecule has 0 radical (unpaired) electrons. The summed E-state index contributed by atoms with van der Waals surface area (Å²) in [5.74, 6) is -0.0725. The summed E-state index contributed by atoms with van der Waals surface area (Å²) in [5.41, 5.74) is 3.49. The number of nitrogens with one attached hydrogen (secondary N) is 1. The van der Waals surface area contributed by atoms with Crippen LogP contribution in [0.15, 0.2) is 42.5 Å². The molecule has 122 valence electrons. The molecule has 1 fully saturated rings. The van der Waals surface area contributed by atoms with Crippen molar-refractivity contribution in [3.05, 3.63) is 53.6 Å². The number of fused-ring (bicyclic) bond motifs is 1. The third-order valence-corrected chi connectivity index (χ3v) is 5.48. The first-order valence-electron chi connectivity index (χ1n) is 8.23. The average Bonchev–Trinajstić information content (AvgIpc) is 3.24. The van der Waals surface area contributed by atoms with E-state index in [1.54, 1.807) is 11.3 Å². The third-order valence-electron chi connectivity index (χ3n) is 4.40. The Labute approximate surface area is 145 Å². The molecule has 0 bridgehead atoms. The largest absolute Gasteiger partial charge is 0.348 e. The molecular formula is C19H19N3OS. The summed E-state index contributed by atoms with van der Waals surface area (Å²) in [6, 6.07) is 13.5. The summed E-state index contributed by atoms with van der Waals surface area (Å²) >= 11 is 1.70. The van der Waals surface area contributed by atoms with E-state index in [-0.39, 0.29) is 5.91 Å². The lowest BCUT2D eigenvalue weighted by atomic mass is 10.1. The average molecular weight is 337 g/mol. The molecule has 4 rings (SSSR count). The Balaban J connectivity index is 1.58. The van der Waals surface area contributed by atoms with E-state index in [9.17, 15) is 4.79 Å². The van der Waals surface area contributed by atoms with E-state index in [0.717, 1.165) is 39.7 Å². The lowest BCUT2D eigenvalue weighted by Gasteiger charge is -2.11. The van der Waals surface area contributed by atoms with E-state index >= 15 is 0 Å². The summed E-state index contributed by atoms with van der Waals surface area (Å²) in [6.45, 7) is 4.14. The number of carbonyl (C=O) groups excluding carboxylic acids is 1. The lowest BCUT2D eigenvalue weighted by molar-refractivity contribution is 0.102. The molecule has 1 saturated heterocycles. The van der Waals surface area contributed by atoms with Gasteiger partial charge in [0.05, 0.1) is 10.2 Å². The van der Waals surface area contributed by atoms with E-state index in [1.807, 2.05) is 49.4 Å². The molecule has 1 aliphatic rings. The van der Waals surface area contributed by atoms with Crippen molar-refractivity contribution in [1.29, 1.82) is 0 Å². The number of aromatic nitrogens is 1. The van der Waals surface area contributed by atoms with Gasteiger partial charge in [0, 0.05) is 24.3 Å². The monoisotopic (exact) mass is 337 g/mol. The molecule has 5 heteroatoms. The van der Waals surface area contributed by atoms with Gasteiger partial charge in [-0.1, -0.05) is 29.5 Å². The van der Waals surface area contributed by atoms with Gasteiger partial charge in [0.1, 0.15) is 0 Å².